The van der Waals surface area contributed by atoms with Crippen molar-refractivity contribution in [3.8, 4) is 75.0 Å². The first kappa shape index (κ1) is 68.7. The van der Waals surface area contributed by atoms with Crippen LogP contribution in [0.25, 0.3) is 201 Å². The smallest absolute Gasteiger partial charge is 0.101 e. The van der Waals surface area contributed by atoms with E-state index in [2.05, 4.69) is 375 Å². The molecule has 564 valence electrons. The second-order valence-electron chi connectivity index (χ2n) is 32.7. The Labute approximate surface area is 702 Å². The van der Waals surface area contributed by atoms with Crippen LogP contribution in [0.1, 0.15) is 47.2 Å². The Morgan fingerprint density at radius 3 is 1.37 bits per heavy atom. The van der Waals surface area contributed by atoms with Gasteiger partial charge in [-0.2, -0.15) is 21.0 Å². The summed E-state index contributed by atoms with van der Waals surface area (Å²) in [7, 11) is 0. The van der Waals surface area contributed by atoms with Crippen LogP contribution >= 0.6 is 11.3 Å². The van der Waals surface area contributed by atoms with Gasteiger partial charge in [-0.1, -0.05) is 214 Å². The first-order valence-electron chi connectivity index (χ1n) is 41.0. The quantitative estimate of drug-likeness (QED) is 0.142. The van der Waals surface area contributed by atoms with Gasteiger partial charge in [0.05, 0.1) is 100 Å². The largest absolute Gasteiger partial charge is 0.310 e. The SMILES string of the molecule is CC1(C)c2ccccc2-c2cc3c(cc21)c1ccccc1n3-c1cc(C#N)c(-n2c3ccc(N(c4ccccc4)c4ccc(-c5ccc6c(ccc7c6c6cc(-n8c9ccccc9c9ccccc98)ccc6n7-c6cc(C#N)c(-n7c8ccccc8c8ccc9sc%10ccccc%10c9c87)cc6C#N)c5)cc4)cc3c3c4ccccc4ccc32)cc1C#N. The third-order valence-electron chi connectivity index (χ3n) is 26.2. The Balaban J connectivity index is 0.627. The summed E-state index contributed by atoms with van der Waals surface area (Å²) in [6.45, 7) is 4.60. The van der Waals surface area contributed by atoms with Crippen LogP contribution < -0.4 is 4.90 Å². The van der Waals surface area contributed by atoms with E-state index in [1.807, 2.05) is 42.5 Å². The molecule has 122 heavy (non-hydrogen) atoms. The molecule has 0 saturated carbocycles. The predicted octanol–water partition coefficient (Wildman–Crippen LogP) is 28.8. The minimum absolute atomic E-state index is 0.210. The third-order valence-corrected chi connectivity index (χ3v) is 27.3. The van der Waals surface area contributed by atoms with Crippen molar-refractivity contribution >= 4 is 179 Å². The average molecular weight is 1570 g/mol. The monoisotopic (exact) mass is 1570 g/mol. The molecule has 0 fully saturated rings. The fraction of sp³-hybridized carbons (Fsp3) is 0.0270. The van der Waals surface area contributed by atoms with E-state index in [-0.39, 0.29) is 5.41 Å². The van der Waals surface area contributed by atoms with Crippen molar-refractivity contribution < 1.29 is 0 Å². The van der Waals surface area contributed by atoms with Crippen LogP contribution in [0.4, 0.5) is 17.1 Å². The molecule has 25 rings (SSSR count). The molecule has 0 radical (unpaired) electrons. The summed E-state index contributed by atoms with van der Waals surface area (Å²) >= 11 is 1.76. The molecule has 0 spiro atoms. The highest BCUT2D eigenvalue weighted by molar-refractivity contribution is 7.26. The number of fused-ring (bicyclic) bond motifs is 26. The lowest BCUT2D eigenvalue weighted by Gasteiger charge is -2.26. The summed E-state index contributed by atoms with van der Waals surface area (Å²) in [5.41, 5.74) is 24.7. The van der Waals surface area contributed by atoms with E-state index in [4.69, 9.17) is 0 Å². The van der Waals surface area contributed by atoms with Crippen molar-refractivity contribution in [2.45, 2.75) is 19.3 Å². The minimum Gasteiger partial charge on any atom is -0.310 e. The van der Waals surface area contributed by atoms with Gasteiger partial charge in [0.2, 0.25) is 0 Å². The van der Waals surface area contributed by atoms with Gasteiger partial charge >= 0.3 is 0 Å². The molecule has 10 nitrogen and oxygen atoms in total. The normalized spacial score (nSPS) is 12.5. The van der Waals surface area contributed by atoms with Crippen molar-refractivity contribution in [3.63, 3.8) is 0 Å². The van der Waals surface area contributed by atoms with Gasteiger partial charge in [-0.15, -0.1) is 11.3 Å². The maximum atomic E-state index is 11.7. The molecule has 18 aromatic carbocycles. The molecule has 6 aromatic heterocycles. The lowest BCUT2D eigenvalue weighted by Crippen LogP contribution is -2.14. The van der Waals surface area contributed by atoms with Crippen molar-refractivity contribution in [2.75, 3.05) is 4.90 Å². The highest BCUT2D eigenvalue weighted by atomic mass is 32.1. The fourth-order valence-corrected chi connectivity index (χ4v) is 21.9. The molecule has 0 unspecified atom stereocenters. The second kappa shape index (κ2) is 25.7. The van der Waals surface area contributed by atoms with Gasteiger partial charge in [0.15, 0.2) is 0 Å². The Bertz CT molecular complexity index is 8940. The summed E-state index contributed by atoms with van der Waals surface area (Å²) < 4.78 is 13.5. The Kier molecular flexibility index (Phi) is 14.5. The molecule has 0 N–H and O–H groups in total. The van der Waals surface area contributed by atoms with Gasteiger partial charge in [-0.05, 0) is 207 Å². The van der Waals surface area contributed by atoms with Crippen LogP contribution in [0.5, 0.6) is 0 Å². The highest BCUT2D eigenvalue weighted by Gasteiger charge is 2.37. The van der Waals surface area contributed by atoms with Crippen LogP contribution in [0.2, 0.25) is 0 Å². The number of nitriles is 4. The van der Waals surface area contributed by atoms with E-state index in [1.165, 1.54) is 37.7 Å². The van der Waals surface area contributed by atoms with Crippen molar-refractivity contribution in [3.05, 3.63) is 385 Å². The van der Waals surface area contributed by atoms with Gasteiger partial charge in [-0.3, -0.25) is 0 Å². The van der Waals surface area contributed by atoms with Crippen molar-refractivity contribution in [2.24, 2.45) is 0 Å². The molecule has 0 saturated heterocycles. The lowest BCUT2D eigenvalue weighted by molar-refractivity contribution is 0.661. The molecule has 24 aromatic rings. The molecule has 0 bridgehead atoms. The predicted molar refractivity (Wildman–Crippen MR) is 503 cm³/mol. The number of hydrogen-bond donors (Lipinski definition) is 0. The van der Waals surface area contributed by atoms with E-state index in [1.54, 1.807) is 11.3 Å². The number of hydrogen-bond acceptors (Lipinski definition) is 6. The standard InChI is InChI=1S/C111H64N10S/c1-111(2)90-30-14-8-24-79(90)86-60-104-87(59-91(86)111)83-28-12-17-33-94(83)120(104)102-54-69(61-112)100(53-70(102)62-113)118-96-49-43-75(57-88(96)107-77-23-7-6-20-66(77)39-47-98(107)118)116(73-21-4-3-5-22-73)74-41-36-65(37-42-74)67-38-45-78-68(52-67)40-48-99-108(78)89-58-76(117-92-31-15-9-25-80(92)81-26-10-16-32-93(81)117)44-50-97(89)119(99)101-55-72(64-115)103(56-71(101)63-114)121-95-34-18-11-27-82(95)84-46-51-106-109(110(84)121)85-29-13-19-35-105(85)122-106/h3-60H,1-2H3. The van der Waals surface area contributed by atoms with E-state index >= 15 is 0 Å². The maximum absolute atomic E-state index is 11.7. The number of anilines is 3. The molecule has 1 aliphatic carbocycles. The third kappa shape index (κ3) is 9.59. The van der Waals surface area contributed by atoms with E-state index in [0.29, 0.717) is 45.0 Å². The number of rotatable bonds is 9. The zero-order chi connectivity index (χ0) is 81.1. The zero-order valence-electron chi connectivity index (χ0n) is 65.9. The number of nitrogens with zero attached hydrogens (tertiary/aromatic N) is 10. The number of benzene rings is 18. The molecule has 1 aliphatic rings. The highest BCUT2D eigenvalue weighted by Crippen LogP contribution is 2.53. The van der Waals surface area contributed by atoms with Crippen LogP contribution in [-0.2, 0) is 5.41 Å². The Morgan fingerprint density at radius 2 is 0.721 bits per heavy atom. The Morgan fingerprint density at radius 1 is 0.262 bits per heavy atom. The van der Waals surface area contributed by atoms with Crippen LogP contribution in [0.3, 0.4) is 0 Å². The van der Waals surface area contributed by atoms with Gasteiger partial charge in [0.25, 0.3) is 0 Å². The molecular weight excluding hydrogens is 1510 g/mol. The summed E-state index contributed by atoms with van der Waals surface area (Å²) in [5, 5.41) is 63.7. The van der Waals surface area contributed by atoms with Crippen LogP contribution in [0, 0.1) is 45.3 Å². The summed E-state index contributed by atoms with van der Waals surface area (Å²) in [6, 6.07) is 135. The molecule has 0 atom stereocenters. The van der Waals surface area contributed by atoms with Gasteiger partial charge in [0.1, 0.15) is 24.3 Å². The van der Waals surface area contributed by atoms with Crippen LogP contribution in [0.15, 0.2) is 352 Å². The number of para-hydroxylation sites is 5. The van der Waals surface area contributed by atoms with Crippen molar-refractivity contribution in [1.29, 1.82) is 21.0 Å². The van der Waals surface area contributed by atoms with Crippen molar-refractivity contribution in [1.82, 2.24) is 22.8 Å². The molecule has 11 heteroatoms. The van der Waals surface area contributed by atoms with Gasteiger partial charge < -0.3 is 27.7 Å². The summed E-state index contributed by atoms with van der Waals surface area (Å²) in [4.78, 5) is 2.31. The first-order chi connectivity index (χ1) is 60.1. The van der Waals surface area contributed by atoms with Gasteiger partial charge in [-0.25, -0.2) is 0 Å². The second-order valence-corrected chi connectivity index (χ2v) is 33.8. The molecule has 6 heterocycles. The van der Waals surface area contributed by atoms with E-state index in [9.17, 15) is 21.0 Å². The lowest BCUT2D eigenvalue weighted by atomic mass is 9.82. The van der Waals surface area contributed by atoms with Crippen LogP contribution in [-0.4, -0.2) is 22.8 Å². The fourth-order valence-electron chi connectivity index (χ4n) is 20.8. The van der Waals surface area contributed by atoms with Gasteiger partial charge in [0, 0.05) is 102 Å². The topological polar surface area (TPSA) is 123 Å². The molecular formula is C111H64N10S. The zero-order valence-corrected chi connectivity index (χ0v) is 66.7. The average Bonchev–Trinajstić information content (AvgIpc) is 1.45. The first-order valence-corrected chi connectivity index (χ1v) is 41.8. The number of aromatic nitrogens is 5. The Hall–Kier alpha value is -16.5. The summed E-state index contributed by atoms with van der Waals surface area (Å²) in [6.07, 6.45) is 0. The number of thiophene rings is 1. The summed E-state index contributed by atoms with van der Waals surface area (Å²) in [5.74, 6) is 0. The van der Waals surface area contributed by atoms with E-state index < -0.39 is 0 Å². The molecule has 0 amide bonds. The minimum atomic E-state index is -0.210. The van der Waals surface area contributed by atoms with E-state index in [0.717, 1.165) is 169 Å². The molecule has 0 aliphatic heterocycles. The maximum Gasteiger partial charge on any atom is 0.101 e.